The topological polar surface area (TPSA) is 43.1 Å². The highest BCUT2D eigenvalue weighted by Crippen LogP contribution is 2.29. The molecule has 0 aliphatic carbocycles. The number of benzene rings is 1. The summed E-state index contributed by atoms with van der Waals surface area (Å²) in [5, 5.41) is 13.3. The van der Waals surface area contributed by atoms with Crippen LogP contribution in [0.1, 0.15) is 31.7 Å². The van der Waals surface area contributed by atoms with Crippen LogP contribution in [0.4, 0.5) is 5.69 Å². The molecule has 1 aromatic carbocycles. The van der Waals surface area contributed by atoms with E-state index in [1.807, 2.05) is 31.2 Å². The van der Waals surface area contributed by atoms with Gasteiger partial charge in [-0.2, -0.15) is 0 Å². The molecule has 0 radical (unpaired) electrons. The molecule has 4 heteroatoms. The molecule has 0 bridgehead atoms. The van der Waals surface area contributed by atoms with Gasteiger partial charge in [-0.25, -0.2) is 0 Å². The van der Waals surface area contributed by atoms with Crippen molar-refractivity contribution in [3.63, 3.8) is 0 Å². The van der Waals surface area contributed by atoms with Gasteiger partial charge in [-0.15, -0.1) is 6.58 Å². The van der Waals surface area contributed by atoms with Crippen LogP contribution in [0.3, 0.4) is 0 Å². The highest BCUT2D eigenvalue weighted by Gasteiger charge is 2.11. The second kappa shape index (κ2) is 10.7. The van der Waals surface area contributed by atoms with Crippen LogP contribution >= 0.6 is 8.58 Å². The van der Waals surface area contributed by atoms with Gasteiger partial charge in [0.25, 0.3) is 5.69 Å². The predicted molar refractivity (Wildman–Crippen MR) is 102 cm³/mol. The van der Waals surface area contributed by atoms with Crippen molar-refractivity contribution in [3.8, 4) is 0 Å². The molecule has 1 rings (SSSR count). The number of nitrogens with zero attached hydrogens (tertiary/aromatic N) is 1. The molecule has 23 heavy (non-hydrogen) atoms. The van der Waals surface area contributed by atoms with Gasteiger partial charge in [-0.1, -0.05) is 57.2 Å². The minimum atomic E-state index is -0.315. The fourth-order valence-corrected chi connectivity index (χ4v) is 3.24. The molecule has 0 aliphatic heterocycles. The Kier molecular flexibility index (Phi) is 8.86. The third-order valence-corrected chi connectivity index (χ3v) is 4.58. The molecular formula is C19H24NO2P. The fraction of sp³-hybridized carbons (Fsp3) is 0.263. The normalized spacial score (nSPS) is 12.7. The molecule has 3 nitrogen and oxygen atoms in total. The zero-order chi connectivity index (χ0) is 17.1. The van der Waals surface area contributed by atoms with Gasteiger partial charge in [0.05, 0.1) is 4.92 Å². The average molecular weight is 329 g/mol. The Morgan fingerprint density at radius 2 is 2.04 bits per heavy atom. The van der Waals surface area contributed by atoms with Crippen LogP contribution in [0.5, 0.6) is 0 Å². The number of nitro groups is 1. The van der Waals surface area contributed by atoms with E-state index in [-0.39, 0.29) is 10.6 Å². The van der Waals surface area contributed by atoms with E-state index in [1.165, 1.54) is 5.31 Å². The molecular weight excluding hydrogens is 305 g/mol. The van der Waals surface area contributed by atoms with Crippen molar-refractivity contribution in [2.75, 3.05) is 0 Å². The maximum atomic E-state index is 11.0. The van der Waals surface area contributed by atoms with Gasteiger partial charge in [0.1, 0.15) is 0 Å². The van der Waals surface area contributed by atoms with Crippen LogP contribution < -0.4 is 5.30 Å². The van der Waals surface area contributed by atoms with E-state index in [2.05, 4.69) is 30.9 Å². The molecule has 1 atom stereocenters. The maximum absolute atomic E-state index is 11.0. The molecule has 0 spiro atoms. The summed E-state index contributed by atoms with van der Waals surface area (Å²) in [5.74, 6) is 0. The van der Waals surface area contributed by atoms with Gasteiger partial charge in [-0.3, -0.25) is 10.1 Å². The Balaban J connectivity index is 2.79. The Bertz CT molecular complexity index is 630. The molecule has 0 amide bonds. The molecule has 1 aromatic rings. The first-order valence-corrected chi connectivity index (χ1v) is 8.66. The number of aryl methyl sites for hydroxylation is 1. The van der Waals surface area contributed by atoms with Crippen molar-refractivity contribution in [1.82, 2.24) is 0 Å². The minimum Gasteiger partial charge on any atom is -0.258 e. The second-order valence-corrected chi connectivity index (χ2v) is 6.59. The lowest BCUT2D eigenvalue weighted by Crippen LogP contribution is -2.00. The predicted octanol–water partition coefficient (Wildman–Crippen LogP) is 5.58. The summed E-state index contributed by atoms with van der Waals surface area (Å²) in [6, 6.07) is 5.48. The van der Waals surface area contributed by atoms with Gasteiger partial charge in [0.2, 0.25) is 0 Å². The van der Waals surface area contributed by atoms with E-state index in [9.17, 15) is 10.1 Å². The van der Waals surface area contributed by atoms with Crippen molar-refractivity contribution in [1.29, 1.82) is 0 Å². The molecule has 0 aliphatic rings. The standard InChI is InChI=1S/C19H24NO2P/c1-4-6-7-8-9-10-12-17(11-5-2)23-18-14-13-16(3)19(15-18)20(21)22/h4-6,8-9,12-15,23H,2,7,10-11H2,1,3H3/b6-4-,9-8-,17-12+. The van der Waals surface area contributed by atoms with Gasteiger partial charge in [0, 0.05) is 11.6 Å². The van der Waals surface area contributed by atoms with Crippen LogP contribution in [0.15, 0.2) is 66.5 Å². The first-order chi connectivity index (χ1) is 11.1. The summed E-state index contributed by atoms with van der Waals surface area (Å²) in [6.45, 7) is 7.58. The maximum Gasteiger partial charge on any atom is 0.272 e. The fourth-order valence-electron chi connectivity index (χ4n) is 2.03. The van der Waals surface area contributed by atoms with Crippen molar-refractivity contribution >= 4 is 19.6 Å². The van der Waals surface area contributed by atoms with Crippen LogP contribution in [-0.4, -0.2) is 4.92 Å². The van der Waals surface area contributed by atoms with E-state index >= 15 is 0 Å². The lowest BCUT2D eigenvalue weighted by Gasteiger charge is -2.06. The summed E-state index contributed by atoms with van der Waals surface area (Å²) in [7, 11) is 0.438. The van der Waals surface area contributed by atoms with E-state index in [0.717, 1.165) is 24.6 Å². The monoisotopic (exact) mass is 329 g/mol. The largest absolute Gasteiger partial charge is 0.272 e. The highest BCUT2D eigenvalue weighted by atomic mass is 31.1. The van der Waals surface area contributed by atoms with Gasteiger partial charge >= 0.3 is 0 Å². The average Bonchev–Trinajstić information content (AvgIpc) is 2.52. The van der Waals surface area contributed by atoms with Crippen LogP contribution in [0.2, 0.25) is 0 Å². The molecule has 0 saturated heterocycles. The Morgan fingerprint density at radius 3 is 2.70 bits per heavy atom. The molecule has 0 saturated carbocycles. The summed E-state index contributed by atoms with van der Waals surface area (Å²) >= 11 is 0. The first kappa shape index (κ1) is 19.1. The van der Waals surface area contributed by atoms with Crippen molar-refractivity contribution in [2.45, 2.75) is 33.1 Å². The number of rotatable bonds is 9. The quantitative estimate of drug-likeness (QED) is 0.257. The summed E-state index contributed by atoms with van der Waals surface area (Å²) in [6.07, 6.45) is 15.1. The van der Waals surface area contributed by atoms with Crippen molar-refractivity contribution < 1.29 is 4.92 Å². The third-order valence-electron chi connectivity index (χ3n) is 3.25. The minimum absolute atomic E-state index is 0.194. The summed E-state index contributed by atoms with van der Waals surface area (Å²) < 4.78 is 0. The van der Waals surface area contributed by atoms with Gasteiger partial charge in [-0.05, 0) is 43.7 Å². The number of nitro benzene ring substituents is 1. The number of hydrogen-bond acceptors (Lipinski definition) is 2. The zero-order valence-corrected chi connectivity index (χ0v) is 14.8. The Morgan fingerprint density at radius 1 is 1.30 bits per heavy atom. The Hall–Kier alpha value is -1.99. The van der Waals surface area contributed by atoms with Crippen LogP contribution in [0, 0.1) is 17.0 Å². The second-order valence-electron chi connectivity index (χ2n) is 5.12. The number of allylic oxidation sites excluding steroid dienone is 7. The summed E-state index contributed by atoms with van der Waals surface area (Å²) in [5.41, 5.74) is 0.893. The highest BCUT2D eigenvalue weighted by molar-refractivity contribution is 7.51. The Labute approximate surface area is 140 Å². The van der Waals surface area contributed by atoms with Gasteiger partial charge < -0.3 is 0 Å². The van der Waals surface area contributed by atoms with Crippen molar-refractivity contribution in [3.05, 3.63) is 82.2 Å². The van der Waals surface area contributed by atoms with Crippen molar-refractivity contribution in [2.24, 2.45) is 0 Å². The van der Waals surface area contributed by atoms with Crippen LogP contribution in [0.25, 0.3) is 0 Å². The van der Waals surface area contributed by atoms with Gasteiger partial charge in [0.15, 0.2) is 0 Å². The van der Waals surface area contributed by atoms with E-state index in [0.29, 0.717) is 14.1 Å². The SMILES string of the molecule is C=CC/C(=C\C/C=C\C/C=C\C)Pc1ccc(C)c([N+](=O)[O-])c1. The summed E-state index contributed by atoms with van der Waals surface area (Å²) in [4.78, 5) is 10.7. The third kappa shape index (κ3) is 7.21. The lowest BCUT2D eigenvalue weighted by molar-refractivity contribution is -0.385. The smallest absolute Gasteiger partial charge is 0.258 e. The molecule has 0 aromatic heterocycles. The molecule has 0 fully saturated rings. The van der Waals surface area contributed by atoms with Crippen LogP contribution in [-0.2, 0) is 0 Å². The molecule has 122 valence electrons. The number of hydrogen-bond donors (Lipinski definition) is 0. The van der Waals surface area contributed by atoms with E-state index in [1.54, 1.807) is 13.0 Å². The molecule has 1 unspecified atom stereocenters. The molecule has 0 N–H and O–H groups in total. The zero-order valence-electron chi connectivity index (χ0n) is 13.8. The first-order valence-electron chi connectivity index (χ1n) is 7.66. The van der Waals surface area contributed by atoms with E-state index in [4.69, 9.17) is 0 Å². The lowest BCUT2D eigenvalue weighted by atomic mass is 10.2. The molecule has 0 heterocycles. The van der Waals surface area contributed by atoms with E-state index < -0.39 is 0 Å².